The normalized spacial score (nSPS) is 12.9. The number of carbonyl (C=O) groups is 1. The summed E-state index contributed by atoms with van der Waals surface area (Å²) in [5.41, 5.74) is -2.79. The number of nitrogens with one attached hydrogen (secondary N) is 2. The third kappa shape index (κ3) is 5.45. The summed E-state index contributed by atoms with van der Waals surface area (Å²) in [5, 5.41) is 30.5. The third-order valence-corrected chi connectivity index (χ3v) is 6.24. The zero-order valence-electron chi connectivity index (χ0n) is 20.0. The van der Waals surface area contributed by atoms with Crippen LogP contribution < -0.4 is 15.5 Å². The molecule has 190 valence electrons. The van der Waals surface area contributed by atoms with E-state index in [2.05, 4.69) is 15.8 Å². The van der Waals surface area contributed by atoms with Crippen LogP contribution >= 0.6 is 11.3 Å². The average molecular weight is 515 g/mol. The molecule has 0 aliphatic rings. The van der Waals surface area contributed by atoms with Gasteiger partial charge in [-0.15, -0.1) is 11.3 Å². The summed E-state index contributed by atoms with van der Waals surface area (Å²) in [6.45, 7) is 7.97. The van der Waals surface area contributed by atoms with Gasteiger partial charge in [0.2, 0.25) is 0 Å². The van der Waals surface area contributed by atoms with Crippen molar-refractivity contribution in [3.63, 3.8) is 0 Å². The number of alkyl halides is 3. The highest BCUT2D eigenvalue weighted by Crippen LogP contribution is 2.42. The van der Waals surface area contributed by atoms with Crippen molar-refractivity contribution >= 4 is 34.6 Å². The standard InChI is InChI=1S/C22H26F3N5O4S/c1-11-7-10-14(35-11)17(21(2,3)4)27-18-19(30(33)34-28-18)26-13-9-8-12(22(23,24)25)15(16(13)31)20(32)29(5)6/h7-10,17,33H,1-6H3,(H2,27,28,31,32)/p+1/t17-/m0/s1. The van der Waals surface area contributed by atoms with Gasteiger partial charge in [0, 0.05) is 23.8 Å². The van der Waals surface area contributed by atoms with Crippen LogP contribution in [0.2, 0.25) is 0 Å². The number of benzene rings is 1. The van der Waals surface area contributed by atoms with Crippen molar-refractivity contribution in [3.8, 4) is 5.75 Å². The van der Waals surface area contributed by atoms with Crippen molar-refractivity contribution in [1.82, 2.24) is 10.1 Å². The first-order valence-electron chi connectivity index (χ1n) is 10.5. The molecular weight excluding hydrogens is 487 g/mol. The number of carbonyl (C=O) groups excluding carboxylic acids is 1. The van der Waals surface area contributed by atoms with Crippen LogP contribution in [0.25, 0.3) is 0 Å². The number of phenolic OH excluding ortho intramolecular Hbond substituents is 1. The molecule has 0 saturated carbocycles. The second kappa shape index (κ2) is 9.29. The van der Waals surface area contributed by atoms with Gasteiger partial charge in [-0.25, -0.2) is 0 Å². The first kappa shape index (κ1) is 26.1. The molecular formula is C22H27F3N5O4S+. The van der Waals surface area contributed by atoms with Gasteiger partial charge in [-0.1, -0.05) is 25.4 Å². The summed E-state index contributed by atoms with van der Waals surface area (Å²) in [4.78, 5) is 15.8. The van der Waals surface area contributed by atoms with E-state index in [9.17, 15) is 28.3 Å². The lowest BCUT2D eigenvalue weighted by Gasteiger charge is -2.29. The Bertz CT molecular complexity index is 1230. The van der Waals surface area contributed by atoms with E-state index in [0.29, 0.717) is 6.07 Å². The quantitative estimate of drug-likeness (QED) is 0.272. The molecule has 3 rings (SSSR count). The number of aromatic nitrogens is 2. The van der Waals surface area contributed by atoms with E-state index in [-0.39, 0.29) is 33.7 Å². The number of anilines is 3. The molecule has 0 spiro atoms. The Kier molecular flexibility index (Phi) is 6.93. The minimum Gasteiger partial charge on any atom is -0.504 e. The zero-order valence-corrected chi connectivity index (χ0v) is 20.8. The number of hydrogen-bond donors (Lipinski definition) is 4. The largest absolute Gasteiger partial charge is 0.504 e. The highest BCUT2D eigenvalue weighted by atomic mass is 32.1. The van der Waals surface area contributed by atoms with Crippen LogP contribution in [0.1, 0.15) is 52.5 Å². The van der Waals surface area contributed by atoms with Crippen LogP contribution in [0.3, 0.4) is 0 Å². The number of phenols is 1. The molecule has 0 radical (unpaired) electrons. The van der Waals surface area contributed by atoms with E-state index >= 15 is 0 Å². The SMILES string of the molecule is Cc1ccc([C@H](Nc2no[n+](O)c2Nc2ccc(C(F)(F)F)c(C(=O)N(C)C)c2O)C(C)(C)C)s1. The molecule has 0 fully saturated rings. The molecule has 2 heterocycles. The zero-order chi connectivity index (χ0) is 26.3. The Morgan fingerprint density at radius 2 is 1.86 bits per heavy atom. The average Bonchev–Trinajstić information content (AvgIpc) is 3.30. The topological polar surface area (TPSA) is 115 Å². The minimum absolute atomic E-state index is 0.0401. The summed E-state index contributed by atoms with van der Waals surface area (Å²) in [6, 6.07) is 5.28. The van der Waals surface area contributed by atoms with Crippen molar-refractivity contribution in [2.45, 2.75) is 39.9 Å². The number of aromatic hydroxyl groups is 1. The Labute approximate surface area is 203 Å². The molecule has 1 aromatic carbocycles. The van der Waals surface area contributed by atoms with Crippen LogP contribution in [0.5, 0.6) is 5.75 Å². The second-order valence-electron chi connectivity index (χ2n) is 9.24. The smallest absolute Gasteiger partial charge is 0.417 e. The van der Waals surface area contributed by atoms with Crippen molar-refractivity contribution in [2.75, 3.05) is 24.7 Å². The van der Waals surface area contributed by atoms with Gasteiger partial charge in [-0.2, -0.15) is 13.2 Å². The van der Waals surface area contributed by atoms with E-state index in [1.165, 1.54) is 14.1 Å². The number of rotatable bonds is 6. The number of hydrogen-bond acceptors (Lipinski definition) is 8. The molecule has 0 aliphatic heterocycles. The van der Waals surface area contributed by atoms with E-state index < -0.39 is 29.0 Å². The fourth-order valence-electron chi connectivity index (χ4n) is 3.41. The van der Waals surface area contributed by atoms with Gasteiger partial charge in [-0.3, -0.25) is 10.1 Å². The molecule has 9 nitrogen and oxygen atoms in total. The van der Waals surface area contributed by atoms with Gasteiger partial charge < -0.3 is 20.5 Å². The number of amides is 1. The van der Waals surface area contributed by atoms with Crippen LogP contribution in [0, 0.1) is 12.3 Å². The van der Waals surface area contributed by atoms with Gasteiger partial charge in [0.05, 0.1) is 17.2 Å². The summed E-state index contributed by atoms with van der Waals surface area (Å²) >= 11 is 1.57. The first-order chi connectivity index (χ1) is 16.1. The Balaban J connectivity index is 2.04. The molecule has 0 bridgehead atoms. The molecule has 35 heavy (non-hydrogen) atoms. The van der Waals surface area contributed by atoms with Gasteiger partial charge in [0.15, 0.2) is 5.75 Å². The lowest BCUT2D eigenvalue weighted by atomic mass is 9.86. The molecule has 3 aromatic rings. The van der Waals surface area contributed by atoms with E-state index in [1.807, 2.05) is 39.8 Å². The van der Waals surface area contributed by atoms with Crippen molar-refractivity contribution in [3.05, 3.63) is 45.1 Å². The molecule has 1 amide bonds. The maximum atomic E-state index is 13.5. The molecule has 0 aliphatic carbocycles. The van der Waals surface area contributed by atoms with Crippen molar-refractivity contribution in [2.24, 2.45) is 5.41 Å². The monoisotopic (exact) mass is 514 g/mol. The summed E-state index contributed by atoms with van der Waals surface area (Å²) in [5.74, 6) is -2.13. The highest BCUT2D eigenvalue weighted by Gasteiger charge is 2.39. The number of thiophene rings is 1. The number of nitrogens with zero attached hydrogens (tertiary/aromatic N) is 3. The van der Waals surface area contributed by atoms with Crippen molar-refractivity contribution < 1.29 is 37.8 Å². The van der Waals surface area contributed by atoms with Gasteiger partial charge in [0.25, 0.3) is 5.91 Å². The van der Waals surface area contributed by atoms with Crippen LogP contribution in [-0.2, 0) is 6.18 Å². The van der Waals surface area contributed by atoms with E-state index in [4.69, 9.17) is 4.63 Å². The summed E-state index contributed by atoms with van der Waals surface area (Å²) in [7, 11) is 2.54. The predicted molar refractivity (Wildman–Crippen MR) is 123 cm³/mol. The van der Waals surface area contributed by atoms with E-state index in [0.717, 1.165) is 20.7 Å². The highest BCUT2D eigenvalue weighted by molar-refractivity contribution is 7.12. The second-order valence-corrected chi connectivity index (χ2v) is 10.6. The fraction of sp³-hybridized carbons (Fsp3) is 0.409. The van der Waals surface area contributed by atoms with Gasteiger partial charge in [0.1, 0.15) is 15.7 Å². The molecule has 2 aromatic heterocycles. The molecule has 13 heteroatoms. The maximum absolute atomic E-state index is 13.5. The predicted octanol–water partition coefficient (Wildman–Crippen LogP) is 4.94. The lowest BCUT2D eigenvalue weighted by Crippen LogP contribution is -2.31. The van der Waals surface area contributed by atoms with Crippen LogP contribution in [0.15, 0.2) is 28.9 Å². The molecule has 0 unspecified atom stereocenters. The molecule has 0 saturated heterocycles. The molecule has 1 atom stereocenters. The number of halogens is 3. The van der Waals surface area contributed by atoms with E-state index in [1.54, 1.807) is 11.3 Å². The fourth-order valence-corrected chi connectivity index (χ4v) is 4.59. The first-order valence-corrected chi connectivity index (χ1v) is 11.3. The summed E-state index contributed by atoms with van der Waals surface area (Å²) in [6.07, 6.45) is -4.88. The van der Waals surface area contributed by atoms with Gasteiger partial charge >= 0.3 is 17.8 Å². The van der Waals surface area contributed by atoms with Crippen LogP contribution in [0.4, 0.5) is 30.5 Å². The molecule has 4 N–H and O–H groups in total. The van der Waals surface area contributed by atoms with Crippen LogP contribution in [-0.4, -0.2) is 40.4 Å². The lowest BCUT2D eigenvalue weighted by molar-refractivity contribution is -1.03. The van der Waals surface area contributed by atoms with Crippen molar-refractivity contribution in [1.29, 1.82) is 0 Å². The maximum Gasteiger partial charge on any atom is 0.417 e. The minimum atomic E-state index is -4.88. The number of aryl methyl sites for hydroxylation is 1. The Hall–Kier alpha value is -3.48. The Morgan fingerprint density at radius 3 is 2.37 bits per heavy atom. The van der Waals surface area contributed by atoms with Gasteiger partial charge in [-0.05, 0) is 36.6 Å². The third-order valence-electron chi connectivity index (χ3n) is 5.17. The summed E-state index contributed by atoms with van der Waals surface area (Å²) < 4.78 is 45.4. The Morgan fingerprint density at radius 1 is 1.20 bits per heavy atom.